The van der Waals surface area contributed by atoms with Crippen LogP contribution in [0.3, 0.4) is 0 Å². The molecular weight excluding hydrogens is 343 g/mol. The monoisotopic (exact) mass is 356 g/mol. The van der Waals surface area contributed by atoms with E-state index in [4.69, 9.17) is 17.4 Å². The summed E-state index contributed by atoms with van der Waals surface area (Å²) in [5.74, 6) is 5.31. The lowest BCUT2D eigenvalue weighted by atomic mass is 9.98. The first-order valence-corrected chi connectivity index (χ1v) is 7.35. The number of benzene rings is 2. The van der Waals surface area contributed by atoms with Gasteiger partial charge in [-0.2, -0.15) is 0 Å². The maximum atomic E-state index is 13.9. The van der Waals surface area contributed by atoms with Gasteiger partial charge in [-0.25, -0.2) is 4.39 Å². The van der Waals surface area contributed by atoms with Crippen LogP contribution in [-0.2, 0) is 6.42 Å². The maximum Gasteiger partial charge on any atom is 0.127 e. The van der Waals surface area contributed by atoms with Crippen LogP contribution >= 0.6 is 27.5 Å². The smallest absolute Gasteiger partial charge is 0.127 e. The van der Waals surface area contributed by atoms with Crippen molar-refractivity contribution in [3.05, 3.63) is 68.4 Å². The topological polar surface area (TPSA) is 38.0 Å². The van der Waals surface area contributed by atoms with Gasteiger partial charge in [0.2, 0.25) is 0 Å². The summed E-state index contributed by atoms with van der Waals surface area (Å²) in [6.45, 7) is 2.00. The van der Waals surface area contributed by atoms with E-state index in [9.17, 15) is 4.39 Å². The van der Waals surface area contributed by atoms with E-state index in [1.54, 1.807) is 12.1 Å². The molecule has 2 nitrogen and oxygen atoms in total. The number of nitrogens with one attached hydrogen (secondary N) is 1. The highest BCUT2D eigenvalue weighted by atomic mass is 79.9. The number of hydrazine groups is 1. The Morgan fingerprint density at radius 3 is 2.75 bits per heavy atom. The quantitative estimate of drug-likeness (QED) is 0.632. The van der Waals surface area contributed by atoms with Crippen LogP contribution < -0.4 is 11.3 Å². The fraction of sp³-hybridized carbons (Fsp3) is 0.200. The summed E-state index contributed by atoms with van der Waals surface area (Å²) in [6, 6.07) is 10.4. The molecule has 5 heteroatoms. The molecule has 106 valence electrons. The largest absolute Gasteiger partial charge is 0.271 e. The highest BCUT2D eigenvalue weighted by Gasteiger charge is 2.16. The Morgan fingerprint density at radius 2 is 2.10 bits per heavy atom. The van der Waals surface area contributed by atoms with Crippen molar-refractivity contribution in [3.63, 3.8) is 0 Å². The van der Waals surface area contributed by atoms with E-state index in [1.807, 2.05) is 25.1 Å². The van der Waals surface area contributed by atoms with Crippen LogP contribution in [0.5, 0.6) is 0 Å². The van der Waals surface area contributed by atoms with E-state index in [-0.39, 0.29) is 11.9 Å². The van der Waals surface area contributed by atoms with Gasteiger partial charge in [0.05, 0.1) is 6.04 Å². The lowest BCUT2D eigenvalue weighted by molar-refractivity contribution is 0.527. The van der Waals surface area contributed by atoms with Crippen molar-refractivity contribution in [1.82, 2.24) is 5.43 Å². The molecule has 1 unspecified atom stereocenters. The fourth-order valence-electron chi connectivity index (χ4n) is 2.11. The predicted octanol–water partition coefficient (Wildman–Crippen LogP) is 4.30. The summed E-state index contributed by atoms with van der Waals surface area (Å²) in [5.41, 5.74) is 5.43. The molecule has 2 aromatic carbocycles. The van der Waals surface area contributed by atoms with Gasteiger partial charge in [-0.3, -0.25) is 11.3 Å². The Labute approximate surface area is 131 Å². The van der Waals surface area contributed by atoms with Crippen LogP contribution in [0.1, 0.15) is 22.7 Å². The molecule has 0 heterocycles. The van der Waals surface area contributed by atoms with Crippen molar-refractivity contribution in [2.24, 2.45) is 5.84 Å². The van der Waals surface area contributed by atoms with Crippen LogP contribution in [0, 0.1) is 12.7 Å². The van der Waals surface area contributed by atoms with E-state index < -0.39 is 0 Å². The first-order valence-electron chi connectivity index (χ1n) is 6.18. The van der Waals surface area contributed by atoms with E-state index in [2.05, 4.69) is 21.4 Å². The molecule has 0 aliphatic heterocycles. The van der Waals surface area contributed by atoms with Crippen molar-refractivity contribution < 1.29 is 4.39 Å². The van der Waals surface area contributed by atoms with E-state index in [0.29, 0.717) is 17.0 Å². The molecule has 2 rings (SSSR count). The normalized spacial score (nSPS) is 12.4. The molecule has 0 saturated heterocycles. The van der Waals surface area contributed by atoms with Crippen LogP contribution in [0.15, 0.2) is 40.9 Å². The molecule has 0 amide bonds. The number of rotatable bonds is 4. The first-order chi connectivity index (χ1) is 9.52. The third-order valence-corrected chi connectivity index (χ3v) is 4.56. The first kappa shape index (κ1) is 15.4. The van der Waals surface area contributed by atoms with Crippen molar-refractivity contribution in [2.75, 3.05) is 0 Å². The Kier molecular flexibility index (Phi) is 5.16. The zero-order valence-electron chi connectivity index (χ0n) is 11.0. The van der Waals surface area contributed by atoms with Gasteiger partial charge >= 0.3 is 0 Å². The zero-order chi connectivity index (χ0) is 14.7. The Morgan fingerprint density at radius 1 is 1.35 bits per heavy atom. The van der Waals surface area contributed by atoms with Gasteiger partial charge in [-0.15, -0.1) is 0 Å². The van der Waals surface area contributed by atoms with Gasteiger partial charge < -0.3 is 0 Å². The summed E-state index contributed by atoms with van der Waals surface area (Å²) >= 11 is 9.32. The Bertz CT molecular complexity index is 619. The molecule has 0 bridgehead atoms. The summed E-state index contributed by atoms with van der Waals surface area (Å²) in [7, 11) is 0. The molecule has 0 aliphatic rings. The van der Waals surface area contributed by atoms with Gasteiger partial charge in [0, 0.05) is 9.50 Å². The number of hydrogen-bond donors (Lipinski definition) is 2. The summed E-state index contributed by atoms with van der Waals surface area (Å²) < 4.78 is 14.9. The molecule has 2 aromatic rings. The Hall–Kier alpha value is -0.940. The van der Waals surface area contributed by atoms with Crippen molar-refractivity contribution in [1.29, 1.82) is 0 Å². The van der Waals surface area contributed by atoms with Gasteiger partial charge in [0.15, 0.2) is 0 Å². The third-order valence-electron chi connectivity index (χ3n) is 3.24. The van der Waals surface area contributed by atoms with Crippen LogP contribution in [-0.4, -0.2) is 0 Å². The lowest BCUT2D eigenvalue weighted by Gasteiger charge is -2.19. The maximum absolute atomic E-state index is 13.9. The minimum Gasteiger partial charge on any atom is -0.271 e. The van der Waals surface area contributed by atoms with E-state index in [0.717, 1.165) is 15.6 Å². The third kappa shape index (κ3) is 3.38. The molecule has 0 aliphatic carbocycles. The van der Waals surface area contributed by atoms with Gasteiger partial charge in [0.25, 0.3) is 0 Å². The number of nitrogens with two attached hydrogens (primary N) is 1. The van der Waals surface area contributed by atoms with Gasteiger partial charge in [0.1, 0.15) is 5.82 Å². The SMILES string of the molecule is Cc1cccc(C(Cc2ccc(Cl)cc2F)NN)c1Br. The molecular formula is C15H15BrClFN2. The minimum atomic E-state index is -0.318. The zero-order valence-corrected chi connectivity index (χ0v) is 13.3. The van der Waals surface area contributed by atoms with Crippen LogP contribution in [0.4, 0.5) is 4.39 Å². The highest BCUT2D eigenvalue weighted by molar-refractivity contribution is 9.10. The average molecular weight is 358 g/mol. The molecule has 1 atom stereocenters. The second-order valence-corrected chi connectivity index (χ2v) is 5.87. The van der Waals surface area contributed by atoms with Crippen molar-refractivity contribution >= 4 is 27.5 Å². The van der Waals surface area contributed by atoms with E-state index in [1.165, 1.54) is 6.07 Å². The molecule has 0 aromatic heterocycles. The average Bonchev–Trinajstić information content (AvgIpc) is 2.42. The van der Waals surface area contributed by atoms with E-state index >= 15 is 0 Å². The molecule has 0 radical (unpaired) electrons. The summed E-state index contributed by atoms with van der Waals surface area (Å²) in [5, 5.41) is 0.389. The molecule has 3 N–H and O–H groups in total. The molecule has 0 spiro atoms. The van der Waals surface area contributed by atoms with Crippen LogP contribution in [0.25, 0.3) is 0 Å². The number of halogens is 3. The van der Waals surface area contributed by atoms with Gasteiger partial charge in [-0.05, 0) is 42.2 Å². The van der Waals surface area contributed by atoms with Gasteiger partial charge in [-0.1, -0.05) is 51.8 Å². The minimum absolute atomic E-state index is 0.181. The fourth-order valence-corrected chi connectivity index (χ4v) is 2.80. The summed E-state index contributed by atoms with van der Waals surface area (Å²) in [4.78, 5) is 0. The summed E-state index contributed by atoms with van der Waals surface area (Å²) in [6.07, 6.45) is 0.446. The lowest BCUT2D eigenvalue weighted by Crippen LogP contribution is -2.30. The second kappa shape index (κ2) is 6.68. The van der Waals surface area contributed by atoms with Crippen molar-refractivity contribution in [3.8, 4) is 0 Å². The molecule has 0 saturated carbocycles. The Balaban J connectivity index is 2.31. The number of hydrogen-bond acceptors (Lipinski definition) is 2. The van der Waals surface area contributed by atoms with Crippen molar-refractivity contribution in [2.45, 2.75) is 19.4 Å². The standard InChI is InChI=1S/C15H15BrClFN2/c1-9-3-2-4-12(15(9)16)14(20-19)7-10-5-6-11(17)8-13(10)18/h2-6,8,14,20H,7,19H2,1H3. The van der Waals surface area contributed by atoms with Crippen LogP contribution in [0.2, 0.25) is 5.02 Å². The second-order valence-electron chi connectivity index (χ2n) is 4.64. The molecule has 20 heavy (non-hydrogen) atoms. The molecule has 0 fully saturated rings. The predicted molar refractivity (Wildman–Crippen MR) is 84.1 cm³/mol. The highest BCUT2D eigenvalue weighted by Crippen LogP contribution is 2.29. The number of aryl methyl sites for hydroxylation is 1.